The summed E-state index contributed by atoms with van der Waals surface area (Å²) in [5, 5.41) is 2.67. The van der Waals surface area contributed by atoms with Crippen molar-refractivity contribution in [1.82, 2.24) is 9.62 Å². The van der Waals surface area contributed by atoms with Crippen LogP contribution >= 0.6 is 0 Å². The van der Waals surface area contributed by atoms with Gasteiger partial charge in [0.05, 0.1) is 6.26 Å². The highest BCUT2D eigenvalue weighted by Crippen LogP contribution is 2.00. The fourth-order valence-corrected chi connectivity index (χ4v) is 2.11. The molecule has 0 aromatic rings. The number of rotatable bonds is 8. The molecule has 0 aliphatic rings. The Morgan fingerprint density at radius 1 is 1.25 bits per heavy atom. The van der Waals surface area contributed by atoms with E-state index in [-0.39, 0.29) is 5.91 Å². The molecule has 0 aromatic carbocycles. The van der Waals surface area contributed by atoms with Gasteiger partial charge in [0.1, 0.15) is 0 Å². The smallest absolute Gasteiger partial charge is 0.219 e. The summed E-state index contributed by atoms with van der Waals surface area (Å²) in [7, 11) is -3.16. The molecule has 1 N–H and O–H groups in total. The average molecular weight is 250 g/mol. The standard InChI is InChI=1S/C10H22N2O3S/c1-4-6-8-12(16(3,14)15)9-7-11-10(13)5-2/h4-9H2,1-3H3,(H,11,13). The molecule has 0 rings (SSSR count). The number of nitrogens with zero attached hydrogens (tertiary/aromatic N) is 1. The highest BCUT2D eigenvalue weighted by Gasteiger charge is 2.15. The van der Waals surface area contributed by atoms with Crippen molar-refractivity contribution in [3.63, 3.8) is 0 Å². The molecule has 0 fully saturated rings. The lowest BCUT2D eigenvalue weighted by atomic mass is 10.3. The van der Waals surface area contributed by atoms with Gasteiger partial charge in [0.25, 0.3) is 0 Å². The average Bonchev–Trinajstić information content (AvgIpc) is 2.20. The van der Waals surface area contributed by atoms with E-state index in [0.29, 0.717) is 26.1 Å². The number of nitrogens with one attached hydrogen (secondary N) is 1. The summed E-state index contributed by atoms with van der Waals surface area (Å²) in [6.07, 6.45) is 3.42. The maximum atomic E-state index is 11.4. The molecule has 96 valence electrons. The van der Waals surface area contributed by atoms with Crippen LogP contribution in [0.15, 0.2) is 0 Å². The molecule has 0 aliphatic carbocycles. The molecule has 0 aliphatic heterocycles. The van der Waals surface area contributed by atoms with Gasteiger partial charge in [0.2, 0.25) is 15.9 Å². The predicted molar refractivity (Wildman–Crippen MR) is 64.6 cm³/mol. The SMILES string of the molecule is CCCCN(CCNC(=O)CC)S(C)(=O)=O. The molecular formula is C10H22N2O3S. The van der Waals surface area contributed by atoms with Crippen LogP contribution in [0.5, 0.6) is 0 Å². The molecule has 0 saturated heterocycles. The quantitative estimate of drug-likeness (QED) is 0.685. The number of carbonyl (C=O) groups excluding carboxylic acids is 1. The predicted octanol–water partition coefficient (Wildman–Crippen LogP) is 0.574. The summed E-state index contributed by atoms with van der Waals surface area (Å²) in [4.78, 5) is 11.0. The Labute approximate surface area is 98.3 Å². The van der Waals surface area contributed by atoms with E-state index in [9.17, 15) is 13.2 Å². The van der Waals surface area contributed by atoms with Crippen LogP contribution in [0.3, 0.4) is 0 Å². The first-order valence-electron chi connectivity index (χ1n) is 5.63. The van der Waals surface area contributed by atoms with Gasteiger partial charge < -0.3 is 5.32 Å². The largest absolute Gasteiger partial charge is 0.355 e. The van der Waals surface area contributed by atoms with Gasteiger partial charge in [-0.1, -0.05) is 20.3 Å². The minimum atomic E-state index is -3.16. The van der Waals surface area contributed by atoms with Crippen molar-refractivity contribution < 1.29 is 13.2 Å². The second kappa shape index (κ2) is 7.62. The van der Waals surface area contributed by atoms with Crippen LogP contribution in [0, 0.1) is 0 Å². The van der Waals surface area contributed by atoms with Crippen molar-refractivity contribution in [3.8, 4) is 0 Å². The van der Waals surface area contributed by atoms with Crippen molar-refractivity contribution in [1.29, 1.82) is 0 Å². The number of amides is 1. The van der Waals surface area contributed by atoms with Gasteiger partial charge in [0.15, 0.2) is 0 Å². The van der Waals surface area contributed by atoms with Crippen molar-refractivity contribution in [3.05, 3.63) is 0 Å². The lowest BCUT2D eigenvalue weighted by molar-refractivity contribution is -0.120. The topological polar surface area (TPSA) is 66.5 Å². The van der Waals surface area contributed by atoms with Crippen LogP contribution in [-0.4, -0.2) is 44.5 Å². The Hall–Kier alpha value is -0.620. The fraction of sp³-hybridized carbons (Fsp3) is 0.900. The molecule has 0 spiro atoms. The normalized spacial score (nSPS) is 11.8. The molecule has 5 nitrogen and oxygen atoms in total. The number of carbonyl (C=O) groups is 1. The summed E-state index contributed by atoms with van der Waals surface area (Å²) < 4.78 is 24.2. The van der Waals surface area contributed by atoms with Crippen molar-refractivity contribution in [2.45, 2.75) is 33.1 Å². The fourth-order valence-electron chi connectivity index (χ4n) is 1.22. The molecule has 0 bridgehead atoms. The summed E-state index contributed by atoms with van der Waals surface area (Å²) >= 11 is 0. The van der Waals surface area contributed by atoms with Crippen LogP contribution in [0.4, 0.5) is 0 Å². The number of unbranched alkanes of at least 4 members (excludes halogenated alkanes) is 1. The number of hydrogen-bond acceptors (Lipinski definition) is 3. The van der Waals surface area contributed by atoms with Gasteiger partial charge in [-0.2, -0.15) is 0 Å². The molecule has 0 atom stereocenters. The summed E-state index contributed by atoms with van der Waals surface area (Å²) in [6, 6.07) is 0. The molecule has 0 heterocycles. The zero-order valence-corrected chi connectivity index (χ0v) is 11.1. The van der Waals surface area contributed by atoms with E-state index in [4.69, 9.17) is 0 Å². The molecule has 1 amide bonds. The second-order valence-corrected chi connectivity index (χ2v) is 5.70. The van der Waals surface area contributed by atoms with E-state index >= 15 is 0 Å². The third-order valence-corrected chi connectivity index (χ3v) is 3.54. The monoisotopic (exact) mass is 250 g/mol. The highest BCUT2D eigenvalue weighted by atomic mass is 32.2. The minimum Gasteiger partial charge on any atom is -0.355 e. The maximum Gasteiger partial charge on any atom is 0.219 e. The van der Waals surface area contributed by atoms with Gasteiger partial charge in [-0.3, -0.25) is 4.79 Å². The van der Waals surface area contributed by atoms with E-state index in [0.717, 1.165) is 12.8 Å². The molecule has 0 saturated carbocycles. The van der Waals surface area contributed by atoms with Crippen molar-refractivity contribution in [2.24, 2.45) is 0 Å². The summed E-state index contributed by atoms with van der Waals surface area (Å²) in [5.41, 5.74) is 0. The van der Waals surface area contributed by atoms with E-state index < -0.39 is 10.0 Å². The first kappa shape index (κ1) is 15.4. The summed E-state index contributed by atoms with van der Waals surface area (Å²) in [6.45, 7) is 5.03. The first-order chi connectivity index (χ1) is 7.41. The Kier molecular flexibility index (Phi) is 7.33. The Bertz CT molecular complexity index is 301. The number of sulfonamides is 1. The van der Waals surface area contributed by atoms with Gasteiger partial charge in [0, 0.05) is 26.1 Å². The number of hydrogen-bond donors (Lipinski definition) is 1. The molecule has 0 radical (unpaired) electrons. The second-order valence-electron chi connectivity index (χ2n) is 3.72. The molecule has 0 aromatic heterocycles. The van der Waals surface area contributed by atoms with E-state index in [1.54, 1.807) is 6.92 Å². The van der Waals surface area contributed by atoms with Gasteiger partial charge >= 0.3 is 0 Å². The Morgan fingerprint density at radius 3 is 2.31 bits per heavy atom. The van der Waals surface area contributed by atoms with Crippen LogP contribution in [0.25, 0.3) is 0 Å². The minimum absolute atomic E-state index is 0.0519. The van der Waals surface area contributed by atoms with Gasteiger partial charge in [-0.25, -0.2) is 12.7 Å². The zero-order valence-electron chi connectivity index (χ0n) is 10.3. The molecule has 6 heteroatoms. The maximum absolute atomic E-state index is 11.4. The van der Waals surface area contributed by atoms with Crippen molar-refractivity contribution in [2.75, 3.05) is 25.9 Å². The summed E-state index contributed by atoms with van der Waals surface area (Å²) in [5.74, 6) is -0.0519. The van der Waals surface area contributed by atoms with Crippen molar-refractivity contribution >= 4 is 15.9 Å². The molecule has 0 unspecified atom stereocenters. The van der Waals surface area contributed by atoms with Gasteiger partial charge in [-0.15, -0.1) is 0 Å². The van der Waals surface area contributed by atoms with Gasteiger partial charge in [-0.05, 0) is 6.42 Å². The zero-order chi connectivity index (χ0) is 12.6. The Morgan fingerprint density at radius 2 is 1.88 bits per heavy atom. The van der Waals surface area contributed by atoms with Crippen LogP contribution in [-0.2, 0) is 14.8 Å². The van der Waals surface area contributed by atoms with Crippen LogP contribution in [0.2, 0.25) is 0 Å². The third kappa shape index (κ3) is 6.79. The highest BCUT2D eigenvalue weighted by molar-refractivity contribution is 7.88. The van der Waals surface area contributed by atoms with Crippen LogP contribution in [0.1, 0.15) is 33.1 Å². The lowest BCUT2D eigenvalue weighted by Gasteiger charge is -2.19. The van der Waals surface area contributed by atoms with E-state index in [2.05, 4.69) is 5.32 Å². The Balaban J connectivity index is 4.08. The van der Waals surface area contributed by atoms with E-state index in [1.165, 1.54) is 10.6 Å². The molecular weight excluding hydrogens is 228 g/mol. The third-order valence-electron chi connectivity index (χ3n) is 2.23. The lowest BCUT2D eigenvalue weighted by Crippen LogP contribution is -2.38. The first-order valence-corrected chi connectivity index (χ1v) is 7.48. The van der Waals surface area contributed by atoms with E-state index in [1.807, 2.05) is 6.92 Å². The molecule has 16 heavy (non-hydrogen) atoms. The van der Waals surface area contributed by atoms with Crippen LogP contribution < -0.4 is 5.32 Å².